The van der Waals surface area contributed by atoms with Crippen molar-refractivity contribution in [2.75, 3.05) is 12.4 Å². The van der Waals surface area contributed by atoms with Gasteiger partial charge in [-0.05, 0) is 63.5 Å². The van der Waals surface area contributed by atoms with Crippen LogP contribution in [-0.4, -0.2) is 17.0 Å². The van der Waals surface area contributed by atoms with Crippen molar-refractivity contribution in [3.05, 3.63) is 37.5 Å². The van der Waals surface area contributed by atoms with Crippen LogP contribution in [0.4, 0.5) is 14.6 Å². The number of rotatable bonds is 3. The van der Waals surface area contributed by atoms with Crippen LogP contribution in [0.25, 0.3) is 11.4 Å². The molecule has 2 aromatic rings. The predicted molar refractivity (Wildman–Crippen MR) is 89.3 cm³/mol. The molecule has 7 heteroatoms. The number of hydrogen-bond acceptors (Lipinski definition) is 3. The summed E-state index contributed by atoms with van der Waals surface area (Å²) in [6.07, 6.45) is 2.21. The molecule has 3 nitrogen and oxygen atoms in total. The predicted octanol–water partition coefficient (Wildman–Crippen LogP) is 4.71. The molecule has 0 amide bonds. The van der Waals surface area contributed by atoms with Crippen LogP contribution < -0.4 is 5.32 Å². The van der Waals surface area contributed by atoms with Gasteiger partial charge in [-0.25, -0.2) is 18.7 Å². The maximum absolute atomic E-state index is 13.7. The van der Waals surface area contributed by atoms with Gasteiger partial charge in [-0.15, -0.1) is 0 Å². The van der Waals surface area contributed by atoms with E-state index in [9.17, 15) is 8.78 Å². The van der Waals surface area contributed by atoms with Crippen LogP contribution >= 0.6 is 38.5 Å². The highest BCUT2D eigenvalue weighted by molar-refractivity contribution is 14.1. The smallest absolute Gasteiger partial charge is 0.173 e. The number of halogens is 4. The van der Waals surface area contributed by atoms with Gasteiger partial charge in [0.1, 0.15) is 5.82 Å². The molecule has 1 saturated carbocycles. The fraction of sp³-hybridized carbons (Fsp3) is 0.286. The zero-order chi connectivity index (χ0) is 15.1. The number of hydrogen-bond donors (Lipinski definition) is 1. The molecule has 110 valence electrons. The average Bonchev–Trinajstić information content (AvgIpc) is 3.30. The van der Waals surface area contributed by atoms with E-state index in [4.69, 9.17) is 0 Å². The minimum Gasteiger partial charge on any atom is -0.372 e. The molecule has 1 aromatic heterocycles. The lowest BCUT2D eigenvalue weighted by molar-refractivity contribution is 0.504. The number of benzene rings is 1. The van der Waals surface area contributed by atoms with Crippen LogP contribution in [0, 0.1) is 15.2 Å². The molecule has 0 atom stereocenters. The summed E-state index contributed by atoms with van der Waals surface area (Å²) >= 11 is 5.31. The Hall–Kier alpha value is -0.830. The molecule has 0 unspecified atom stereocenters. The third-order valence-corrected chi connectivity index (χ3v) is 5.19. The molecule has 0 bridgehead atoms. The Morgan fingerprint density at radius 1 is 1.29 bits per heavy atom. The van der Waals surface area contributed by atoms with Crippen molar-refractivity contribution in [2.45, 2.75) is 18.8 Å². The quantitative estimate of drug-likeness (QED) is 0.527. The Bertz CT molecular complexity index is 720. The molecular weight excluding hydrogens is 455 g/mol. The molecule has 3 rings (SSSR count). The van der Waals surface area contributed by atoms with Gasteiger partial charge < -0.3 is 5.32 Å². The average molecular weight is 466 g/mol. The Labute approximate surface area is 142 Å². The molecule has 1 aliphatic rings. The van der Waals surface area contributed by atoms with Crippen LogP contribution in [0.15, 0.2) is 16.6 Å². The third-order valence-electron chi connectivity index (χ3n) is 3.35. The fourth-order valence-electron chi connectivity index (χ4n) is 2.08. The van der Waals surface area contributed by atoms with Gasteiger partial charge in [0.15, 0.2) is 17.5 Å². The maximum atomic E-state index is 13.7. The summed E-state index contributed by atoms with van der Waals surface area (Å²) in [6.45, 7) is 0. The van der Waals surface area contributed by atoms with E-state index in [2.05, 4.69) is 53.8 Å². The van der Waals surface area contributed by atoms with E-state index >= 15 is 0 Å². The summed E-state index contributed by atoms with van der Waals surface area (Å²) in [4.78, 5) is 8.98. The van der Waals surface area contributed by atoms with E-state index in [1.807, 2.05) is 0 Å². The Kier molecular flexibility index (Phi) is 4.13. The van der Waals surface area contributed by atoms with Gasteiger partial charge in [0, 0.05) is 18.5 Å². The second-order valence-electron chi connectivity index (χ2n) is 4.84. The highest BCUT2D eigenvalue weighted by Gasteiger charge is 2.30. The molecule has 0 saturated heterocycles. The van der Waals surface area contributed by atoms with E-state index in [0.29, 0.717) is 23.1 Å². The van der Waals surface area contributed by atoms with Gasteiger partial charge in [-0.1, -0.05) is 0 Å². The van der Waals surface area contributed by atoms with Gasteiger partial charge in [0.25, 0.3) is 0 Å². The van der Waals surface area contributed by atoms with Gasteiger partial charge in [0.2, 0.25) is 0 Å². The Balaban J connectivity index is 2.18. The van der Waals surface area contributed by atoms with Crippen molar-refractivity contribution in [3.8, 4) is 11.4 Å². The van der Waals surface area contributed by atoms with E-state index < -0.39 is 11.6 Å². The monoisotopic (exact) mass is 465 g/mol. The number of nitrogens with zero attached hydrogens (tertiary/aromatic N) is 2. The second-order valence-corrected chi connectivity index (χ2v) is 6.71. The van der Waals surface area contributed by atoms with Gasteiger partial charge in [-0.3, -0.25) is 0 Å². The molecule has 1 N–H and O–H groups in total. The Morgan fingerprint density at radius 2 is 2.00 bits per heavy atom. The van der Waals surface area contributed by atoms with Crippen molar-refractivity contribution in [1.29, 1.82) is 0 Å². The SMILES string of the molecule is CNc1nc(-c2ccc(F)c(F)c2Br)nc(C2CC2)c1I. The van der Waals surface area contributed by atoms with Gasteiger partial charge >= 0.3 is 0 Å². The summed E-state index contributed by atoms with van der Waals surface area (Å²) in [5.74, 6) is -0.276. The largest absolute Gasteiger partial charge is 0.372 e. The van der Waals surface area contributed by atoms with Crippen LogP contribution in [0.3, 0.4) is 0 Å². The zero-order valence-electron chi connectivity index (χ0n) is 11.1. The zero-order valence-corrected chi connectivity index (χ0v) is 14.8. The lowest BCUT2D eigenvalue weighted by atomic mass is 10.2. The van der Waals surface area contributed by atoms with Crippen LogP contribution in [0.2, 0.25) is 0 Å². The minimum atomic E-state index is -0.923. The van der Waals surface area contributed by atoms with Gasteiger partial charge in [-0.2, -0.15) is 0 Å². The molecule has 0 radical (unpaired) electrons. The molecule has 1 heterocycles. The Morgan fingerprint density at radius 3 is 2.62 bits per heavy atom. The summed E-state index contributed by atoms with van der Waals surface area (Å²) in [5, 5.41) is 3.03. The van der Waals surface area contributed by atoms with Crippen LogP contribution in [-0.2, 0) is 0 Å². The molecule has 1 aromatic carbocycles. The van der Waals surface area contributed by atoms with Crippen molar-refractivity contribution in [2.24, 2.45) is 0 Å². The third kappa shape index (κ3) is 2.77. The van der Waals surface area contributed by atoms with Crippen LogP contribution in [0.1, 0.15) is 24.5 Å². The lowest BCUT2D eigenvalue weighted by Crippen LogP contribution is -2.05. The van der Waals surface area contributed by atoms with Crippen molar-refractivity contribution in [1.82, 2.24) is 9.97 Å². The number of anilines is 1. The first-order valence-electron chi connectivity index (χ1n) is 6.42. The lowest BCUT2D eigenvalue weighted by Gasteiger charge is -2.12. The standard InChI is InChI=1S/C14H11BrF2IN3/c1-19-14-11(18)12(6-2-3-6)20-13(21-14)7-4-5-8(16)10(17)9(7)15/h4-6H,2-3H2,1H3,(H,19,20,21). The van der Waals surface area contributed by atoms with Crippen molar-refractivity contribution < 1.29 is 8.78 Å². The molecule has 0 aliphatic heterocycles. The maximum Gasteiger partial charge on any atom is 0.173 e. The molecular formula is C14H11BrF2IN3. The highest BCUT2D eigenvalue weighted by atomic mass is 127. The first-order valence-corrected chi connectivity index (χ1v) is 8.29. The summed E-state index contributed by atoms with van der Waals surface area (Å²) in [6, 6.07) is 2.58. The fourth-order valence-corrected chi connectivity index (χ4v) is 3.53. The molecule has 1 fully saturated rings. The first kappa shape index (κ1) is 15.1. The van der Waals surface area contributed by atoms with Crippen LogP contribution in [0.5, 0.6) is 0 Å². The van der Waals surface area contributed by atoms with Crippen molar-refractivity contribution >= 4 is 44.3 Å². The van der Waals surface area contributed by atoms with E-state index in [1.54, 1.807) is 7.05 Å². The highest BCUT2D eigenvalue weighted by Crippen LogP contribution is 2.43. The topological polar surface area (TPSA) is 37.8 Å². The normalized spacial score (nSPS) is 14.3. The summed E-state index contributed by atoms with van der Waals surface area (Å²) in [7, 11) is 1.78. The van der Waals surface area contributed by atoms with E-state index in [-0.39, 0.29) is 4.47 Å². The molecule has 21 heavy (non-hydrogen) atoms. The number of nitrogens with one attached hydrogen (secondary N) is 1. The minimum absolute atomic E-state index is 0.0486. The van der Waals surface area contributed by atoms with Crippen molar-refractivity contribution in [3.63, 3.8) is 0 Å². The first-order chi connectivity index (χ1) is 10.0. The van der Waals surface area contributed by atoms with Gasteiger partial charge in [0.05, 0.1) is 13.7 Å². The molecule has 1 aliphatic carbocycles. The summed E-state index contributed by atoms with van der Waals surface area (Å²) < 4.78 is 28.0. The van der Waals surface area contributed by atoms with E-state index in [0.717, 1.165) is 28.2 Å². The van der Waals surface area contributed by atoms with E-state index in [1.165, 1.54) is 6.07 Å². The molecule has 0 spiro atoms. The number of aromatic nitrogens is 2. The second kappa shape index (κ2) is 5.75. The summed E-state index contributed by atoms with van der Waals surface area (Å²) in [5.41, 5.74) is 1.42.